The van der Waals surface area contributed by atoms with Gasteiger partial charge in [0.15, 0.2) is 0 Å². The average molecular weight is 390 g/mol. The van der Waals surface area contributed by atoms with E-state index < -0.39 is 10.0 Å². The summed E-state index contributed by atoms with van der Waals surface area (Å²) in [7, 11) is -3.66. The van der Waals surface area contributed by atoms with E-state index in [4.69, 9.17) is 4.42 Å². The third kappa shape index (κ3) is 4.03. The van der Waals surface area contributed by atoms with Crippen LogP contribution in [0.5, 0.6) is 0 Å². The van der Waals surface area contributed by atoms with Crippen LogP contribution in [-0.2, 0) is 16.6 Å². The standard InChI is InChI=1S/C22H18N2O3S/c25-28(26,21-9-4-8-19(13-21)18-6-2-1-3-7-18)24-15-17-12-20(16-23-14-17)22-10-5-11-27-22/h1-14,16,24H,15H2. The van der Waals surface area contributed by atoms with Crippen molar-refractivity contribution >= 4 is 10.0 Å². The monoisotopic (exact) mass is 390 g/mol. The lowest BCUT2D eigenvalue weighted by Crippen LogP contribution is -2.23. The van der Waals surface area contributed by atoms with Gasteiger partial charge in [0.2, 0.25) is 10.0 Å². The summed E-state index contributed by atoms with van der Waals surface area (Å²) in [6.07, 6.45) is 4.90. The summed E-state index contributed by atoms with van der Waals surface area (Å²) >= 11 is 0. The predicted molar refractivity (Wildman–Crippen MR) is 108 cm³/mol. The molecule has 1 N–H and O–H groups in total. The highest BCUT2D eigenvalue weighted by Gasteiger charge is 2.15. The van der Waals surface area contributed by atoms with Crippen molar-refractivity contribution < 1.29 is 12.8 Å². The van der Waals surface area contributed by atoms with E-state index in [1.807, 2.05) is 48.5 Å². The lowest BCUT2D eigenvalue weighted by Gasteiger charge is -2.09. The Hall–Kier alpha value is -3.22. The number of hydrogen-bond acceptors (Lipinski definition) is 4. The van der Waals surface area contributed by atoms with Crippen molar-refractivity contribution in [2.24, 2.45) is 0 Å². The third-order valence-electron chi connectivity index (χ3n) is 4.32. The van der Waals surface area contributed by atoms with Crippen molar-refractivity contribution in [3.8, 4) is 22.5 Å². The van der Waals surface area contributed by atoms with Crippen LogP contribution in [0, 0.1) is 0 Å². The third-order valence-corrected chi connectivity index (χ3v) is 5.72. The molecule has 0 fully saturated rings. The molecule has 0 amide bonds. The zero-order chi connectivity index (χ0) is 19.4. The first kappa shape index (κ1) is 18.2. The Morgan fingerprint density at radius 1 is 0.821 bits per heavy atom. The number of nitrogens with zero attached hydrogens (tertiary/aromatic N) is 1. The number of benzene rings is 2. The van der Waals surface area contributed by atoms with Gasteiger partial charge in [-0.1, -0.05) is 42.5 Å². The van der Waals surface area contributed by atoms with Crippen LogP contribution in [0.2, 0.25) is 0 Å². The molecule has 140 valence electrons. The van der Waals surface area contributed by atoms with E-state index in [1.165, 1.54) is 0 Å². The maximum Gasteiger partial charge on any atom is 0.240 e. The molecule has 0 unspecified atom stereocenters. The Morgan fingerprint density at radius 3 is 2.43 bits per heavy atom. The Bertz CT molecular complexity index is 1170. The fourth-order valence-electron chi connectivity index (χ4n) is 2.90. The van der Waals surface area contributed by atoms with Crippen LogP contribution in [0.4, 0.5) is 0 Å². The second kappa shape index (κ2) is 7.80. The Labute approximate surface area is 163 Å². The number of nitrogens with one attached hydrogen (secondary N) is 1. The number of hydrogen-bond donors (Lipinski definition) is 1. The van der Waals surface area contributed by atoms with Crippen molar-refractivity contribution in [1.82, 2.24) is 9.71 Å². The van der Waals surface area contributed by atoms with E-state index in [9.17, 15) is 8.42 Å². The van der Waals surface area contributed by atoms with E-state index in [0.29, 0.717) is 5.76 Å². The van der Waals surface area contributed by atoms with E-state index in [1.54, 1.807) is 42.9 Å². The molecular formula is C22H18N2O3S. The van der Waals surface area contributed by atoms with Gasteiger partial charge in [-0.2, -0.15) is 0 Å². The van der Waals surface area contributed by atoms with Gasteiger partial charge < -0.3 is 4.42 Å². The van der Waals surface area contributed by atoms with Crippen LogP contribution in [0.3, 0.4) is 0 Å². The molecule has 2 aromatic heterocycles. The fourth-order valence-corrected chi connectivity index (χ4v) is 3.96. The fraction of sp³-hybridized carbons (Fsp3) is 0.0455. The largest absolute Gasteiger partial charge is 0.464 e. The van der Waals surface area contributed by atoms with Gasteiger partial charge in [-0.25, -0.2) is 13.1 Å². The first-order valence-electron chi connectivity index (χ1n) is 8.75. The SMILES string of the molecule is O=S(=O)(NCc1cncc(-c2ccco2)c1)c1cccc(-c2ccccc2)c1. The molecule has 4 aromatic rings. The first-order valence-corrected chi connectivity index (χ1v) is 10.2. The Kier molecular flexibility index (Phi) is 5.06. The van der Waals surface area contributed by atoms with E-state index in [0.717, 1.165) is 22.3 Å². The molecule has 0 saturated heterocycles. The summed E-state index contributed by atoms with van der Waals surface area (Å²) < 4.78 is 33.5. The zero-order valence-corrected chi connectivity index (χ0v) is 15.8. The molecule has 0 spiro atoms. The van der Waals surface area contributed by atoms with Gasteiger partial charge in [-0.05, 0) is 47.0 Å². The molecule has 0 saturated carbocycles. The molecule has 0 radical (unpaired) electrons. The number of aromatic nitrogens is 1. The highest BCUT2D eigenvalue weighted by molar-refractivity contribution is 7.89. The van der Waals surface area contributed by atoms with Crippen LogP contribution in [0.15, 0.2) is 101 Å². The summed E-state index contributed by atoms with van der Waals surface area (Å²) in [5.41, 5.74) is 3.37. The molecular weight excluding hydrogens is 372 g/mol. The quantitative estimate of drug-likeness (QED) is 0.527. The van der Waals surface area contributed by atoms with Crippen molar-refractivity contribution in [2.45, 2.75) is 11.4 Å². The highest BCUT2D eigenvalue weighted by Crippen LogP contribution is 2.23. The van der Waals surface area contributed by atoms with Crippen molar-refractivity contribution in [3.63, 3.8) is 0 Å². The average Bonchev–Trinajstić information content (AvgIpc) is 3.28. The smallest absolute Gasteiger partial charge is 0.240 e. The molecule has 5 nitrogen and oxygen atoms in total. The maximum absolute atomic E-state index is 12.8. The van der Waals surface area contributed by atoms with E-state index in [2.05, 4.69) is 9.71 Å². The lowest BCUT2D eigenvalue weighted by molar-refractivity contribution is 0.580. The summed E-state index contributed by atoms with van der Waals surface area (Å²) in [4.78, 5) is 4.40. The van der Waals surface area contributed by atoms with Gasteiger partial charge in [0.05, 0.1) is 11.2 Å². The van der Waals surface area contributed by atoms with Crippen LogP contribution in [0.25, 0.3) is 22.5 Å². The van der Waals surface area contributed by atoms with Gasteiger partial charge in [0, 0.05) is 24.5 Å². The molecule has 0 aliphatic heterocycles. The molecule has 0 atom stereocenters. The number of furan rings is 1. The van der Waals surface area contributed by atoms with Gasteiger partial charge in [-0.15, -0.1) is 0 Å². The predicted octanol–water partition coefficient (Wildman–Crippen LogP) is 4.49. The van der Waals surface area contributed by atoms with Crippen molar-refractivity contribution in [1.29, 1.82) is 0 Å². The minimum absolute atomic E-state index is 0.138. The Balaban J connectivity index is 1.53. The van der Waals surface area contributed by atoms with Crippen LogP contribution < -0.4 is 4.72 Å². The summed E-state index contributed by atoms with van der Waals surface area (Å²) in [5.74, 6) is 0.688. The summed E-state index contributed by atoms with van der Waals surface area (Å²) in [6, 6.07) is 22.1. The molecule has 0 bridgehead atoms. The number of rotatable bonds is 6. The molecule has 2 aromatic carbocycles. The second-order valence-electron chi connectivity index (χ2n) is 6.28. The topological polar surface area (TPSA) is 72.2 Å². The van der Waals surface area contributed by atoms with Crippen molar-refractivity contribution in [2.75, 3.05) is 0 Å². The zero-order valence-electron chi connectivity index (χ0n) is 14.9. The van der Waals surface area contributed by atoms with Crippen LogP contribution in [0.1, 0.15) is 5.56 Å². The molecule has 2 heterocycles. The first-order chi connectivity index (χ1) is 13.6. The minimum atomic E-state index is -3.66. The normalized spacial score (nSPS) is 11.4. The van der Waals surface area contributed by atoms with Crippen molar-refractivity contribution in [3.05, 3.63) is 97.0 Å². The number of pyridine rings is 1. The van der Waals surface area contributed by atoms with Gasteiger partial charge in [-0.3, -0.25) is 4.98 Å². The van der Waals surface area contributed by atoms with E-state index >= 15 is 0 Å². The Morgan fingerprint density at radius 2 is 1.64 bits per heavy atom. The molecule has 0 aliphatic carbocycles. The second-order valence-corrected chi connectivity index (χ2v) is 8.04. The minimum Gasteiger partial charge on any atom is -0.464 e. The summed E-state index contributed by atoms with van der Waals surface area (Å²) in [6.45, 7) is 0.138. The lowest BCUT2D eigenvalue weighted by atomic mass is 10.1. The van der Waals surface area contributed by atoms with Gasteiger partial charge >= 0.3 is 0 Å². The van der Waals surface area contributed by atoms with E-state index in [-0.39, 0.29) is 11.4 Å². The molecule has 28 heavy (non-hydrogen) atoms. The van der Waals surface area contributed by atoms with Crippen LogP contribution in [-0.4, -0.2) is 13.4 Å². The summed E-state index contributed by atoms with van der Waals surface area (Å²) in [5, 5.41) is 0. The highest BCUT2D eigenvalue weighted by atomic mass is 32.2. The molecule has 0 aliphatic rings. The number of sulfonamides is 1. The van der Waals surface area contributed by atoms with Crippen LogP contribution >= 0.6 is 0 Å². The van der Waals surface area contributed by atoms with Gasteiger partial charge in [0.1, 0.15) is 5.76 Å². The molecule has 6 heteroatoms. The van der Waals surface area contributed by atoms with Gasteiger partial charge in [0.25, 0.3) is 0 Å². The maximum atomic E-state index is 12.8. The molecule has 4 rings (SSSR count).